The molecule has 0 saturated carbocycles. The van der Waals surface area contributed by atoms with Gasteiger partial charge in [-0.3, -0.25) is 4.79 Å². The monoisotopic (exact) mass is 326 g/mol. The second-order valence-corrected chi connectivity index (χ2v) is 5.62. The number of nitrogens with two attached hydrogens (primary N) is 2. The fourth-order valence-corrected chi connectivity index (χ4v) is 2.03. The van der Waals surface area contributed by atoms with Crippen LogP contribution in [0.5, 0.6) is 0 Å². The van der Waals surface area contributed by atoms with E-state index in [1.54, 1.807) is 11.8 Å². The molecule has 20 heavy (non-hydrogen) atoms. The number of urea groups is 1. The summed E-state index contributed by atoms with van der Waals surface area (Å²) in [5.74, 6) is 0.540. The van der Waals surface area contributed by atoms with Crippen molar-refractivity contribution in [3.05, 3.63) is 0 Å². The van der Waals surface area contributed by atoms with E-state index in [9.17, 15) is 9.59 Å². The molecule has 8 heteroatoms. The number of hydrogen-bond acceptors (Lipinski definition) is 4. The van der Waals surface area contributed by atoms with E-state index in [2.05, 4.69) is 10.6 Å². The average Bonchev–Trinajstić information content (AvgIpc) is 2.40. The molecule has 0 heterocycles. The van der Waals surface area contributed by atoms with Crippen LogP contribution in [0.15, 0.2) is 0 Å². The Bertz CT molecular complexity index is 301. The molecule has 120 valence electrons. The molecule has 1 unspecified atom stereocenters. The molecule has 0 aromatic carbocycles. The van der Waals surface area contributed by atoms with Gasteiger partial charge in [0, 0.05) is 12.1 Å². The van der Waals surface area contributed by atoms with Crippen molar-refractivity contribution >= 4 is 36.1 Å². The van der Waals surface area contributed by atoms with Crippen molar-refractivity contribution in [3.8, 4) is 0 Å². The topological polar surface area (TPSA) is 110 Å². The minimum Gasteiger partial charge on any atom is -0.352 e. The molecule has 0 radical (unpaired) electrons. The molecule has 0 saturated heterocycles. The van der Waals surface area contributed by atoms with Gasteiger partial charge in [0.2, 0.25) is 5.91 Å². The van der Waals surface area contributed by atoms with E-state index in [0.29, 0.717) is 13.0 Å². The number of hydrogen-bond donors (Lipinski definition) is 4. The third-order valence-electron chi connectivity index (χ3n) is 3.27. The minimum atomic E-state index is -0.689. The smallest absolute Gasteiger partial charge is 0.312 e. The first-order chi connectivity index (χ1) is 8.88. The van der Waals surface area contributed by atoms with Crippen LogP contribution in [0, 0.1) is 0 Å². The lowest BCUT2D eigenvalue weighted by atomic mass is 9.94. The van der Waals surface area contributed by atoms with Crippen LogP contribution in [0.3, 0.4) is 0 Å². The third kappa shape index (κ3) is 8.50. The lowest BCUT2D eigenvalue weighted by Gasteiger charge is -2.28. The average molecular weight is 327 g/mol. The van der Waals surface area contributed by atoms with Gasteiger partial charge < -0.3 is 22.1 Å². The number of amides is 3. The van der Waals surface area contributed by atoms with Crippen LogP contribution in [0.1, 0.15) is 33.1 Å². The number of rotatable bonds is 9. The first-order valence-corrected chi connectivity index (χ1v) is 7.89. The van der Waals surface area contributed by atoms with Gasteiger partial charge in [0.15, 0.2) is 0 Å². The van der Waals surface area contributed by atoms with Gasteiger partial charge in [0.1, 0.15) is 6.04 Å². The predicted octanol–water partition coefficient (Wildman–Crippen LogP) is 0.832. The highest BCUT2D eigenvalue weighted by Gasteiger charge is 2.24. The molecule has 6 nitrogen and oxygen atoms in total. The largest absolute Gasteiger partial charge is 0.352 e. The molecule has 0 aromatic heterocycles. The summed E-state index contributed by atoms with van der Waals surface area (Å²) >= 11 is 1.61. The van der Waals surface area contributed by atoms with E-state index in [-0.39, 0.29) is 18.3 Å². The van der Waals surface area contributed by atoms with Crippen molar-refractivity contribution < 1.29 is 9.59 Å². The van der Waals surface area contributed by atoms with Crippen LogP contribution in [0.2, 0.25) is 0 Å². The maximum atomic E-state index is 12.0. The summed E-state index contributed by atoms with van der Waals surface area (Å²) in [7, 11) is 0. The molecule has 0 rings (SSSR count). The molecular formula is C12H27ClN4O2S. The van der Waals surface area contributed by atoms with Crippen LogP contribution in [0.4, 0.5) is 4.79 Å². The van der Waals surface area contributed by atoms with Crippen molar-refractivity contribution in [2.24, 2.45) is 11.5 Å². The van der Waals surface area contributed by atoms with E-state index in [1.807, 2.05) is 20.1 Å². The van der Waals surface area contributed by atoms with Crippen LogP contribution >= 0.6 is 24.2 Å². The summed E-state index contributed by atoms with van der Waals surface area (Å²) < 4.78 is 0. The number of thioether (sulfide) groups is 1. The Balaban J connectivity index is 0. The highest BCUT2D eigenvalue weighted by Crippen LogP contribution is 2.09. The summed E-state index contributed by atoms with van der Waals surface area (Å²) in [5.41, 5.74) is 10.8. The molecule has 0 aliphatic heterocycles. The molecule has 0 aliphatic carbocycles. The maximum Gasteiger partial charge on any atom is 0.312 e. The van der Waals surface area contributed by atoms with Crippen molar-refractivity contribution in [2.45, 2.75) is 44.7 Å². The highest BCUT2D eigenvalue weighted by atomic mass is 35.5. The number of carbonyl (C=O) groups is 2. The zero-order chi connectivity index (χ0) is 14.9. The number of primary amides is 1. The predicted molar refractivity (Wildman–Crippen MR) is 87.3 cm³/mol. The van der Waals surface area contributed by atoms with Crippen LogP contribution in [-0.4, -0.2) is 42.1 Å². The number of carbonyl (C=O) groups excluding carboxylic acids is 2. The van der Waals surface area contributed by atoms with E-state index in [4.69, 9.17) is 11.5 Å². The van der Waals surface area contributed by atoms with Gasteiger partial charge in [0.05, 0.1) is 0 Å². The molecule has 0 aliphatic rings. The SMILES string of the molecule is CCC(N)(CC)CNC(=O)C(CCSC)NC(N)=O.Cl. The normalized spacial score (nSPS) is 12.2. The van der Waals surface area contributed by atoms with Gasteiger partial charge in [-0.15, -0.1) is 12.4 Å². The quantitative estimate of drug-likeness (QED) is 0.503. The van der Waals surface area contributed by atoms with Gasteiger partial charge in [-0.1, -0.05) is 13.8 Å². The molecule has 0 aromatic rings. The Morgan fingerprint density at radius 1 is 1.30 bits per heavy atom. The van der Waals surface area contributed by atoms with Crippen molar-refractivity contribution in [1.82, 2.24) is 10.6 Å². The molecule has 0 fully saturated rings. The van der Waals surface area contributed by atoms with Gasteiger partial charge in [-0.25, -0.2) is 4.79 Å². The standard InChI is InChI=1S/C12H26N4O2S.ClH/c1-4-12(14,5-2)8-15-10(17)9(6-7-19-3)16-11(13)18;/h9H,4-8,14H2,1-3H3,(H,15,17)(H3,13,16,18);1H. The Morgan fingerprint density at radius 3 is 2.25 bits per heavy atom. The summed E-state index contributed by atoms with van der Waals surface area (Å²) in [6.45, 7) is 4.38. The summed E-state index contributed by atoms with van der Waals surface area (Å²) in [4.78, 5) is 22.9. The van der Waals surface area contributed by atoms with Crippen LogP contribution < -0.4 is 22.1 Å². The molecular weight excluding hydrogens is 300 g/mol. The first kappa shape index (κ1) is 21.6. The van der Waals surface area contributed by atoms with Crippen LogP contribution in [-0.2, 0) is 4.79 Å². The van der Waals surface area contributed by atoms with E-state index < -0.39 is 17.6 Å². The fraction of sp³-hybridized carbons (Fsp3) is 0.833. The Kier molecular flexibility index (Phi) is 12.0. The van der Waals surface area contributed by atoms with Gasteiger partial charge >= 0.3 is 6.03 Å². The third-order valence-corrected chi connectivity index (χ3v) is 3.91. The van der Waals surface area contributed by atoms with E-state index in [1.165, 1.54) is 0 Å². The molecule has 1 atom stereocenters. The lowest BCUT2D eigenvalue weighted by molar-refractivity contribution is -0.123. The van der Waals surface area contributed by atoms with Crippen molar-refractivity contribution in [3.63, 3.8) is 0 Å². The van der Waals surface area contributed by atoms with Crippen molar-refractivity contribution in [2.75, 3.05) is 18.6 Å². The van der Waals surface area contributed by atoms with E-state index >= 15 is 0 Å². The minimum absolute atomic E-state index is 0. The summed E-state index contributed by atoms with van der Waals surface area (Å²) in [6, 6.07) is -1.28. The second-order valence-electron chi connectivity index (χ2n) is 4.63. The first-order valence-electron chi connectivity index (χ1n) is 6.50. The van der Waals surface area contributed by atoms with Gasteiger partial charge in [-0.2, -0.15) is 11.8 Å². The van der Waals surface area contributed by atoms with Crippen molar-refractivity contribution in [1.29, 1.82) is 0 Å². The molecule has 0 spiro atoms. The molecule has 0 bridgehead atoms. The second kappa shape index (κ2) is 11.0. The Morgan fingerprint density at radius 2 is 1.85 bits per heavy atom. The number of halogens is 1. The highest BCUT2D eigenvalue weighted by molar-refractivity contribution is 7.98. The summed E-state index contributed by atoms with van der Waals surface area (Å²) in [5, 5.41) is 5.26. The zero-order valence-corrected chi connectivity index (χ0v) is 14.0. The van der Waals surface area contributed by atoms with Gasteiger partial charge in [-0.05, 0) is 31.3 Å². The Labute approximate surface area is 131 Å². The molecule has 3 amide bonds. The summed E-state index contributed by atoms with van der Waals surface area (Å²) in [6.07, 6.45) is 4.05. The fourth-order valence-electron chi connectivity index (χ4n) is 1.56. The Hall–Kier alpha value is -0.660. The molecule has 6 N–H and O–H groups in total. The maximum absolute atomic E-state index is 12.0. The lowest BCUT2D eigenvalue weighted by Crippen LogP contribution is -2.54. The number of nitrogens with one attached hydrogen (secondary N) is 2. The zero-order valence-electron chi connectivity index (χ0n) is 12.4. The van der Waals surface area contributed by atoms with Gasteiger partial charge in [0.25, 0.3) is 0 Å². The van der Waals surface area contributed by atoms with Crippen LogP contribution in [0.25, 0.3) is 0 Å². The van der Waals surface area contributed by atoms with E-state index in [0.717, 1.165) is 18.6 Å².